The smallest absolute Gasteiger partial charge is 0.352 e. The van der Waals surface area contributed by atoms with E-state index in [1.807, 2.05) is 0 Å². The summed E-state index contributed by atoms with van der Waals surface area (Å²) in [5, 5.41) is 9.11. The summed E-state index contributed by atoms with van der Waals surface area (Å²) in [7, 11) is 0. The van der Waals surface area contributed by atoms with E-state index in [0.717, 1.165) is 6.92 Å². The van der Waals surface area contributed by atoms with Gasteiger partial charge < -0.3 is 9.84 Å². The number of aliphatic hydroxyl groups is 1. The second-order valence-corrected chi connectivity index (χ2v) is 2.94. The van der Waals surface area contributed by atoms with Gasteiger partial charge >= 0.3 is 5.97 Å². The minimum atomic E-state index is -2.11. The van der Waals surface area contributed by atoms with E-state index in [4.69, 9.17) is 11.6 Å². The van der Waals surface area contributed by atoms with E-state index in [2.05, 4.69) is 11.3 Å². The molecule has 1 N–H and O–H groups in total. The van der Waals surface area contributed by atoms with Crippen molar-refractivity contribution in [1.29, 1.82) is 0 Å². The monoisotopic (exact) mass is 206 g/mol. The maximum atomic E-state index is 11.1. The number of halogens is 1. The maximum Gasteiger partial charge on any atom is 0.352 e. The standard InChI is InChI=1S/C8H11ClO4/c1-4-8(12,5(2)10)7(11)13-6(3)9/h12H,3-4H2,1-2H3. The molecular weight excluding hydrogens is 196 g/mol. The van der Waals surface area contributed by atoms with Crippen molar-refractivity contribution in [1.82, 2.24) is 0 Å². The van der Waals surface area contributed by atoms with E-state index in [1.165, 1.54) is 6.92 Å². The molecule has 0 spiro atoms. The number of Topliss-reactive ketones (excluding diaryl/α,β-unsaturated/α-hetero) is 1. The number of ether oxygens (including phenoxy) is 1. The van der Waals surface area contributed by atoms with E-state index in [9.17, 15) is 14.7 Å². The number of carbonyl (C=O) groups is 2. The summed E-state index contributed by atoms with van der Waals surface area (Å²) in [6.45, 7) is 5.69. The van der Waals surface area contributed by atoms with Gasteiger partial charge in [0.1, 0.15) is 0 Å². The van der Waals surface area contributed by atoms with Crippen LogP contribution < -0.4 is 0 Å². The highest BCUT2D eigenvalue weighted by atomic mass is 35.5. The average molecular weight is 207 g/mol. The summed E-state index contributed by atoms with van der Waals surface area (Å²) in [5.74, 6) is -1.78. The van der Waals surface area contributed by atoms with E-state index < -0.39 is 17.4 Å². The quantitative estimate of drug-likeness (QED) is 0.423. The fourth-order valence-electron chi connectivity index (χ4n) is 0.722. The number of esters is 1. The van der Waals surface area contributed by atoms with Gasteiger partial charge in [-0.2, -0.15) is 0 Å². The van der Waals surface area contributed by atoms with Crippen LogP contribution in [0.15, 0.2) is 11.8 Å². The van der Waals surface area contributed by atoms with E-state index >= 15 is 0 Å². The van der Waals surface area contributed by atoms with Gasteiger partial charge in [-0.3, -0.25) is 4.79 Å². The Morgan fingerprint density at radius 1 is 1.62 bits per heavy atom. The van der Waals surface area contributed by atoms with Crippen LogP contribution >= 0.6 is 11.6 Å². The maximum absolute atomic E-state index is 11.1. The number of hydrogen-bond donors (Lipinski definition) is 1. The van der Waals surface area contributed by atoms with Crippen LogP contribution in [0, 0.1) is 0 Å². The Morgan fingerprint density at radius 2 is 2.08 bits per heavy atom. The molecule has 1 atom stereocenters. The van der Waals surface area contributed by atoms with Crippen molar-refractivity contribution in [3.8, 4) is 0 Å². The first-order chi connectivity index (χ1) is 5.84. The van der Waals surface area contributed by atoms with E-state index in [1.54, 1.807) is 0 Å². The molecule has 0 bridgehead atoms. The highest BCUT2D eigenvalue weighted by Gasteiger charge is 2.41. The molecule has 0 rings (SSSR count). The van der Waals surface area contributed by atoms with Crippen molar-refractivity contribution in [3.63, 3.8) is 0 Å². The SMILES string of the molecule is C=C(Cl)OC(=O)C(O)(CC)C(C)=O. The number of rotatable bonds is 4. The van der Waals surface area contributed by atoms with Gasteiger partial charge in [-0.25, -0.2) is 4.79 Å². The van der Waals surface area contributed by atoms with Gasteiger partial charge in [0.2, 0.25) is 5.60 Å². The van der Waals surface area contributed by atoms with E-state index in [0.29, 0.717) is 0 Å². The molecule has 0 amide bonds. The van der Waals surface area contributed by atoms with Gasteiger partial charge in [0.25, 0.3) is 0 Å². The zero-order valence-corrected chi connectivity index (χ0v) is 8.22. The summed E-state index contributed by atoms with van der Waals surface area (Å²) in [5.41, 5.74) is -2.11. The second kappa shape index (κ2) is 4.39. The van der Waals surface area contributed by atoms with Crippen LogP contribution in [0.3, 0.4) is 0 Å². The average Bonchev–Trinajstić information content (AvgIpc) is 2.01. The largest absolute Gasteiger partial charge is 0.412 e. The molecule has 0 aromatic carbocycles. The summed E-state index contributed by atoms with van der Waals surface area (Å²) >= 11 is 5.18. The summed E-state index contributed by atoms with van der Waals surface area (Å²) in [4.78, 5) is 22.0. The molecule has 13 heavy (non-hydrogen) atoms. The zero-order chi connectivity index (χ0) is 10.6. The first-order valence-electron chi connectivity index (χ1n) is 3.64. The zero-order valence-electron chi connectivity index (χ0n) is 7.46. The third kappa shape index (κ3) is 2.82. The molecular formula is C8H11ClO4. The predicted molar refractivity (Wildman–Crippen MR) is 47.0 cm³/mol. The molecule has 5 heteroatoms. The van der Waals surface area contributed by atoms with Crippen LogP contribution in [0.2, 0.25) is 0 Å². The Bertz CT molecular complexity index is 249. The summed E-state index contributed by atoms with van der Waals surface area (Å²) in [6.07, 6.45) is -0.0642. The molecule has 0 aliphatic carbocycles. The lowest BCUT2D eigenvalue weighted by Gasteiger charge is -2.20. The molecule has 4 nitrogen and oxygen atoms in total. The Kier molecular flexibility index (Phi) is 4.10. The van der Waals surface area contributed by atoms with Crippen molar-refractivity contribution in [2.45, 2.75) is 25.9 Å². The van der Waals surface area contributed by atoms with Crippen LogP contribution in [0.1, 0.15) is 20.3 Å². The normalized spacial score (nSPS) is 14.5. The molecule has 0 saturated carbocycles. The van der Waals surface area contributed by atoms with E-state index in [-0.39, 0.29) is 11.6 Å². The van der Waals surface area contributed by atoms with Gasteiger partial charge in [-0.1, -0.05) is 6.92 Å². The molecule has 0 aliphatic rings. The lowest BCUT2D eigenvalue weighted by molar-refractivity contribution is -0.165. The van der Waals surface area contributed by atoms with Crippen molar-refractivity contribution in [3.05, 3.63) is 11.8 Å². The third-order valence-corrected chi connectivity index (χ3v) is 1.71. The Balaban J connectivity index is 4.67. The Morgan fingerprint density at radius 3 is 2.31 bits per heavy atom. The van der Waals surface area contributed by atoms with Gasteiger partial charge in [0, 0.05) is 0 Å². The highest BCUT2D eigenvalue weighted by molar-refractivity contribution is 6.28. The lowest BCUT2D eigenvalue weighted by atomic mass is 9.97. The molecule has 0 heterocycles. The molecule has 0 aliphatic heterocycles. The highest BCUT2D eigenvalue weighted by Crippen LogP contribution is 2.16. The van der Waals surface area contributed by atoms with Gasteiger partial charge in [-0.15, -0.1) is 0 Å². The molecule has 1 unspecified atom stereocenters. The lowest BCUT2D eigenvalue weighted by Crippen LogP contribution is -2.45. The number of ketones is 1. The van der Waals surface area contributed by atoms with Crippen LogP contribution in [0.4, 0.5) is 0 Å². The Labute approximate surface area is 81.1 Å². The summed E-state index contributed by atoms with van der Waals surface area (Å²) in [6, 6.07) is 0. The fourth-order valence-corrected chi connectivity index (χ4v) is 0.792. The van der Waals surface area contributed by atoms with Crippen LogP contribution in [0.5, 0.6) is 0 Å². The van der Waals surface area contributed by atoms with Crippen molar-refractivity contribution in [2.75, 3.05) is 0 Å². The minimum absolute atomic E-state index is 0.0642. The van der Waals surface area contributed by atoms with Crippen LogP contribution in [0.25, 0.3) is 0 Å². The molecule has 0 aromatic heterocycles. The topological polar surface area (TPSA) is 63.6 Å². The first kappa shape index (κ1) is 12.1. The number of carbonyl (C=O) groups excluding carboxylic acids is 2. The minimum Gasteiger partial charge on any atom is -0.412 e. The molecule has 0 radical (unpaired) electrons. The molecule has 74 valence electrons. The molecule has 0 aromatic rings. The molecule has 0 fully saturated rings. The predicted octanol–water partition coefficient (Wildman–Crippen LogP) is 0.970. The van der Waals surface area contributed by atoms with Gasteiger partial charge in [0.05, 0.1) is 0 Å². The second-order valence-electron chi connectivity index (χ2n) is 2.51. The van der Waals surface area contributed by atoms with Crippen molar-refractivity contribution >= 4 is 23.4 Å². The van der Waals surface area contributed by atoms with Crippen molar-refractivity contribution < 1.29 is 19.4 Å². The van der Waals surface area contributed by atoms with Crippen LogP contribution in [-0.2, 0) is 14.3 Å². The Hall–Kier alpha value is -0.870. The first-order valence-corrected chi connectivity index (χ1v) is 4.02. The van der Waals surface area contributed by atoms with Gasteiger partial charge in [0.15, 0.2) is 11.0 Å². The van der Waals surface area contributed by atoms with Gasteiger partial charge in [-0.05, 0) is 31.5 Å². The van der Waals surface area contributed by atoms with Crippen molar-refractivity contribution in [2.24, 2.45) is 0 Å². The summed E-state index contributed by atoms with van der Waals surface area (Å²) < 4.78 is 4.33. The fraction of sp³-hybridized carbons (Fsp3) is 0.500. The molecule has 0 saturated heterocycles. The third-order valence-electron chi connectivity index (χ3n) is 1.64. The number of hydrogen-bond acceptors (Lipinski definition) is 4. The van der Waals surface area contributed by atoms with Crippen LogP contribution in [-0.4, -0.2) is 22.5 Å².